The Morgan fingerprint density at radius 2 is 2.15 bits per heavy atom. The normalized spacial score (nSPS) is 23.9. The van der Waals surface area contributed by atoms with Crippen molar-refractivity contribution in [1.29, 1.82) is 0 Å². The Morgan fingerprint density at radius 3 is 2.65 bits per heavy atom. The third-order valence-corrected chi connectivity index (χ3v) is 5.75. The minimum Gasteiger partial charge on any atom is -0.481 e. The fraction of sp³-hybridized carbons (Fsp3) is 0.417. The molecule has 1 aromatic carbocycles. The van der Waals surface area contributed by atoms with Gasteiger partial charge in [-0.3, -0.25) is 4.79 Å². The van der Waals surface area contributed by atoms with Crippen molar-refractivity contribution in [2.75, 3.05) is 6.54 Å². The van der Waals surface area contributed by atoms with Crippen LogP contribution in [0.25, 0.3) is 0 Å². The van der Waals surface area contributed by atoms with Gasteiger partial charge in [-0.15, -0.1) is 0 Å². The van der Waals surface area contributed by atoms with Gasteiger partial charge in [0.15, 0.2) is 0 Å². The number of rotatable bonds is 3. The summed E-state index contributed by atoms with van der Waals surface area (Å²) in [7, 11) is -4.07. The smallest absolute Gasteiger partial charge is 0.308 e. The molecule has 0 spiro atoms. The number of carbonyl (C=O) groups is 1. The summed E-state index contributed by atoms with van der Waals surface area (Å²) in [6.07, 6.45) is 0.213. The third kappa shape index (κ3) is 2.53. The highest BCUT2D eigenvalue weighted by Crippen LogP contribution is 2.31. The van der Waals surface area contributed by atoms with Crippen LogP contribution in [0.3, 0.4) is 0 Å². The van der Waals surface area contributed by atoms with E-state index in [1.54, 1.807) is 0 Å². The molecular weight excluding hydrogens is 309 g/mol. The first kappa shape index (κ1) is 15.2. The number of sulfonamides is 1. The Kier molecular flexibility index (Phi) is 4.04. The van der Waals surface area contributed by atoms with Crippen molar-refractivity contribution in [1.82, 2.24) is 4.31 Å². The lowest BCUT2D eigenvalue weighted by molar-refractivity contribution is -0.142. The highest BCUT2D eigenvalue weighted by Gasteiger charge is 2.42. The zero-order valence-electron chi connectivity index (χ0n) is 10.6. The average Bonchev–Trinajstić information content (AvgIpc) is 2.71. The summed E-state index contributed by atoms with van der Waals surface area (Å²) in [5, 5.41) is 9.11. The summed E-state index contributed by atoms with van der Waals surface area (Å²) >= 11 is 5.59. The standard InChI is InChI=1S/C12H13ClFNO4S/c1-7-9(12(16)17)4-5-15(7)20(18,19)11-3-2-8(13)6-10(11)14/h2-3,6-7,9H,4-5H2,1H3,(H,16,17). The Morgan fingerprint density at radius 1 is 1.50 bits per heavy atom. The van der Waals surface area contributed by atoms with Crippen LogP contribution >= 0.6 is 11.6 Å². The van der Waals surface area contributed by atoms with Gasteiger partial charge < -0.3 is 5.11 Å². The lowest BCUT2D eigenvalue weighted by Crippen LogP contribution is -2.38. The minimum absolute atomic E-state index is 0.0581. The maximum atomic E-state index is 13.8. The molecule has 1 fully saturated rings. The number of benzene rings is 1. The predicted octanol–water partition coefficient (Wildman–Crippen LogP) is 1.96. The third-order valence-electron chi connectivity index (χ3n) is 3.49. The molecule has 2 atom stereocenters. The van der Waals surface area contributed by atoms with Gasteiger partial charge in [0.05, 0.1) is 5.92 Å². The van der Waals surface area contributed by atoms with Gasteiger partial charge in [0, 0.05) is 17.6 Å². The summed E-state index contributed by atoms with van der Waals surface area (Å²) in [6.45, 7) is 1.57. The lowest BCUT2D eigenvalue weighted by atomic mass is 10.0. The molecular formula is C12H13ClFNO4S. The number of hydrogen-bond acceptors (Lipinski definition) is 3. The first-order chi connectivity index (χ1) is 9.25. The van der Waals surface area contributed by atoms with Crippen molar-refractivity contribution in [2.24, 2.45) is 5.92 Å². The van der Waals surface area contributed by atoms with E-state index in [-0.39, 0.29) is 18.0 Å². The van der Waals surface area contributed by atoms with E-state index in [9.17, 15) is 17.6 Å². The summed E-state index contributed by atoms with van der Waals surface area (Å²) in [5.74, 6) is -2.77. The quantitative estimate of drug-likeness (QED) is 0.923. The van der Waals surface area contributed by atoms with Crippen LogP contribution in [-0.2, 0) is 14.8 Å². The van der Waals surface area contributed by atoms with Gasteiger partial charge >= 0.3 is 5.97 Å². The molecule has 5 nitrogen and oxygen atoms in total. The molecule has 1 aliphatic rings. The molecule has 110 valence electrons. The van der Waals surface area contributed by atoms with Crippen LogP contribution in [0, 0.1) is 11.7 Å². The monoisotopic (exact) mass is 321 g/mol. The highest BCUT2D eigenvalue weighted by molar-refractivity contribution is 7.89. The number of nitrogens with zero attached hydrogens (tertiary/aromatic N) is 1. The van der Waals surface area contributed by atoms with Crippen LogP contribution in [0.5, 0.6) is 0 Å². The van der Waals surface area contributed by atoms with E-state index in [1.807, 2.05) is 0 Å². The minimum atomic E-state index is -4.07. The maximum absolute atomic E-state index is 13.8. The molecule has 20 heavy (non-hydrogen) atoms. The molecule has 1 aliphatic heterocycles. The number of halogens is 2. The van der Waals surface area contributed by atoms with E-state index in [1.165, 1.54) is 13.0 Å². The van der Waals surface area contributed by atoms with Crippen molar-refractivity contribution in [3.63, 3.8) is 0 Å². The Labute approximate surface area is 121 Å². The van der Waals surface area contributed by atoms with Crippen molar-refractivity contribution >= 4 is 27.6 Å². The van der Waals surface area contributed by atoms with Gasteiger partial charge in [0.2, 0.25) is 10.0 Å². The van der Waals surface area contributed by atoms with Crippen LogP contribution in [0.2, 0.25) is 5.02 Å². The molecule has 0 amide bonds. The molecule has 2 rings (SSSR count). The van der Waals surface area contributed by atoms with Gasteiger partial charge in [0.25, 0.3) is 0 Å². The number of aliphatic carboxylic acids is 1. The summed E-state index contributed by atoms with van der Waals surface area (Å²) < 4.78 is 39.6. The molecule has 0 radical (unpaired) electrons. The molecule has 2 unspecified atom stereocenters. The fourth-order valence-electron chi connectivity index (χ4n) is 2.39. The second kappa shape index (κ2) is 5.31. The van der Waals surface area contributed by atoms with Gasteiger partial charge in [0.1, 0.15) is 10.7 Å². The van der Waals surface area contributed by atoms with Gasteiger partial charge in [-0.05, 0) is 31.5 Å². The highest BCUT2D eigenvalue weighted by atomic mass is 35.5. The molecule has 0 saturated carbocycles. The van der Waals surface area contributed by atoms with E-state index >= 15 is 0 Å². The van der Waals surface area contributed by atoms with Crippen molar-refractivity contribution < 1.29 is 22.7 Å². The molecule has 1 saturated heterocycles. The first-order valence-corrected chi connectivity index (χ1v) is 7.76. The molecule has 1 heterocycles. The van der Waals surface area contributed by atoms with E-state index in [4.69, 9.17) is 16.7 Å². The van der Waals surface area contributed by atoms with E-state index < -0.39 is 38.7 Å². The van der Waals surface area contributed by atoms with E-state index in [0.29, 0.717) is 0 Å². The Bertz CT molecular complexity index is 649. The van der Waals surface area contributed by atoms with Crippen molar-refractivity contribution in [2.45, 2.75) is 24.3 Å². The van der Waals surface area contributed by atoms with Crippen LogP contribution in [0.4, 0.5) is 4.39 Å². The van der Waals surface area contributed by atoms with Gasteiger partial charge in [-0.2, -0.15) is 4.31 Å². The molecule has 0 aromatic heterocycles. The number of carboxylic acids is 1. The molecule has 8 heteroatoms. The summed E-state index contributed by atoms with van der Waals surface area (Å²) in [5.41, 5.74) is 0. The van der Waals surface area contributed by atoms with Gasteiger partial charge in [-0.25, -0.2) is 12.8 Å². The van der Waals surface area contributed by atoms with Crippen LogP contribution in [-0.4, -0.2) is 36.4 Å². The second-order valence-corrected chi connectivity index (χ2v) is 6.96. The molecule has 0 bridgehead atoms. The van der Waals surface area contributed by atoms with Crippen LogP contribution < -0.4 is 0 Å². The summed E-state index contributed by atoms with van der Waals surface area (Å²) in [4.78, 5) is 10.5. The predicted molar refractivity (Wildman–Crippen MR) is 70.5 cm³/mol. The lowest BCUT2D eigenvalue weighted by Gasteiger charge is -2.22. The van der Waals surface area contributed by atoms with E-state index in [0.717, 1.165) is 16.4 Å². The van der Waals surface area contributed by atoms with Gasteiger partial charge in [-0.1, -0.05) is 11.6 Å². The maximum Gasteiger partial charge on any atom is 0.308 e. The molecule has 0 aliphatic carbocycles. The van der Waals surface area contributed by atoms with Crippen LogP contribution in [0.1, 0.15) is 13.3 Å². The summed E-state index contributed by atoms with van der Waals surface area (Å²) in [6, 6.07) is 2.58. The van der Waals surface area contributed by atoms with Crippen LogP contribution in [0.15, 0.2) is 23.1 Å². The fourth-order valence-corrected chi connectivity index (χ4v) is 4.28. The number of hydrogen-bond donors (Lipinski definition) is 1. The Balaban J connectivity index is 2.39. The SMILES string of the molecule is CC1C(C(=O)O)CCN1S(=O)(=O)c1ccc(Cl)cc1F. The average molecular weight is 322 g/mol. The van der Waals surface area contributed by atoms with E-state index in [2.05, 4.69) is 0 Å². The Hall–Kier alpha value is -1.18. The second-order valence-electron chi connectivity index (χ2n) is 4.66. The zero-order chi connectivity index (χ0) is 15.1. The number of carboxylic acid groups (broad SMARTS) is 1. The molecule has 1 aromatic rings. The zero-order valence-corrected chi connectivity index (χ0v) is 12.2. The first-order valence-electron chi connectivity index (χ1n) is 5.95. The van der Waals surface area contributed by atoms with Crippen molar-refractivity contribution in [3.05, 3.63) is 29.0 Å². The largest absolute Gasteiger partial charge is 0.481 e. The molecule has 1 N–H and O–H groups in total. The van der Waals surface area contributed by atoms with Crippen molar-refractivity contribution in [3.8, 4) is 0 Å². The topological polar surface area (TPSA) is 74.7 Å².